The Kier molecular flexibility index (Phi) is 6.23. The van der Waals surface area contributed by atoms with Gasteiger partial charge in [-0.15, -0.1) is 5.10 Å². The molecule has 3 heterocycles. The molecule has 0 aromatic carbocycles. The molecule has 3 N–H and O–H groups in total. The van der Waals surface area contributed by atoms with Gasteiger partial charge < -0.3 is 25.0 Å². The van der Waals surface area contributed by atoms with E-state index in [0.717, 1.165) is 18.5 Å². The molecule has 0 radical (unpaired) electrons. The summed E-state index contributed by atoms with van der Waals surface area (Å²) < 4.78 is 6.64. The lowest BCUT2D eigenvalue weighted by molar-refractivity contribution is -0.144. The minimum atomic E-state index is -0.915. The number of rotatable bonds is 7. The van der Waals surface area contributed by atoms with Crippen molar-refractivity contribution in [3.8, 4) is 0 Å². The number of nitrogens with zero attached hydrogens (tertiary/aromatic N) is 6. The summed E-state index contributed by atoms with van der Waals surface area (Å²) in [6.45, 7) is 6.98. The smallest absolute Gasteiger partial charge is 0.251 e. The Morgan fingerprint density at radius 3 is 2.64 bits per heavy atom. The van der Waals surface area contributed by atoms with E-state index in [9.17, 15) is 19.8 Å². The van der Waals surface area contributed by atoms with Crippen LogP contribution >= 0.6 is 0 Å². The van der Waals surface area contributed by atoms with Crippen LogP contribution in [-0.4, -0.2) is 77.4 Å². The molecule has 1 aliphatic heterocycles. The lowest BCUT2D eigenvalue weighted by Crippen LogP contribution is -2.51. The molecule has 12 heteroatoms. The standard InChI is InChI=1S/C21H31N7O5/c1-11-22-19(33-25-11)15(10-29)23-18(31)16-7-13(30)8-27(16)20(32)17(21(2,3)4)28-9-14(24-26-28)12-5-6-12/h9,12-13,15-17,29-30H,5-8,10H2,1-4H3,(H,23,31)/t13-,15?,16+,17-/m1/s1. The molecule has 0 bridgehead atoms. The maximum absolute atomic E-state index is 13.7. The highest BCUT2D eigenvalue weighted by molar-refractivity contribution is 5.90. The van der Waals surface area contributed by atoms with Crippen LogP contribution in [0.4, 0.5) is 0 Å². The highest BCUT2D eigenvalue weighted by Gasteiger charge is 2.46. The van der Waals surface area contributed by atoms with E-state index >= 15 is 0 Å². The Bertz CT molecular complexity index is 1010. The second kappa shape index (κ2) is 8.82. The minimum absolute atomic E-state index is 0.0249. The van der Waals surface area contributed by atoms with Crippen LogP contribution in [0.2, 0.25) is 0 Å². The maximum Gasteiger partial charge on any atom is 0.251 e. The van der Waals surface area contributed by atoms with Gasteiger partial charge in [0.05, 0.1) is 18.4 Å². The number of carbonyl (C=O) groups excluding carboxylic acids is 2. The number of aliphatic hydroxyl groups is 2. The molecule has 2 amide bonds. The first-order valence-electron chi connectivity index (χ1n) is 11.2. The van der Waals surface area contributed by atoms with Crippen LogP contribution in [0, 0.1) is 12.3 Å². The predicted molar refractivity (Wildman–Crippen MR) is 114 cm³/mol. The first-order chi connectivity index (χ1) is 15.6. The van der Waals surface area contributed by atoms with Gasteiger partial charge in [-0.25, -0.2) is 4.68 Å². The van der Waals surface area contributed by atoms with E-state index in [1.54, 1.807) is 11.6 Å². The lowest BCUT2D eigenvalue weighted by Gasteiger charge is -2.34. The molecular formula is C21H31N7O5. The highest BCUT2D eigenvalue weighted by atomic mass is 16.5. The van der Waals surface area contributed by atoms with E-state index in [4.69, 9.17) is 4.52 Å². The van der Waals surface area contributed by atoms with Gasteiger partial charge in [0.15, 0.2) is 5.82 Å². The molecule has 4 rings (SSSR count). The van der Waals surface area contributed by atoms with Crippen LogP contribution in [0.1, 0.15) is 75.4 Å². The van der Waals surface area contributed by atoms with Gasteiger partial charge in [0, 0.05) is 25.1 Å². The molecule has 12 nitrogen and oxygen atoms in total. The Morgan fingerprint density at radius 2 is 2.06 bits per heavy atom. The molecule has 33 heavy (non-hydrogen) atoms. The lowest BCUT2D eigenvalue weighted by atomic mass is 9.85. The number of amides is 2. The molecule has 4 atom stereocenters. The molecule has 2 fully saturated rings. The fourth-order valence-corrected chi connectivity index (χ4v) is 4.23. The highest BCUT2D eigenvalue weighted by Crippen LogP contribution is 2.40. The van der Waals surface area contributed by atoms with Crippen molar-refractivity contribution in [1.82, 2.24) is 35.4 Å². The summed E-state index contributed by atoms with van der Waals surface area (Å²) in [6.07, 6.45) is 3.19. The van der Waals surface area contributed by atoms with Crippen molar-refractivity contribution in [2.24, 2.45) is 5.41 Å². The largest absolute Gasteiger partial charge is 0.394 e. The van der Waals surface area contributed by atoms with Crippen molar-refractivity contribution < 1.29 is 24.3 Å². The number of hydrogen-bond acceptors (Lipinski definition) is 9. The van der Waals surface area contributed by atoms with Crippen molar-refractivity contribution in [2.45, 2.75) is 77.1 Å². The molecule has 180 valence electrons. The van der Waals surface area contributed by atoms with E-state index in [-0.39, 0.29) is 24.8 Å². The molecule has 2 aromatic heterocycles. The van der Waals surface area contributed by atoms with Gasteiger partial charge in [-0.3, -0.25) is 9.59 Å². The van der Waals surface area contributed by atoms with E-state index < -0.39 is 42.2 Å². The summed E-state index contributed by atoms with van der Waals surface area (Å²) in [5.74, 6) is 0.00507. The summed E-state index contributed by atoms with van der Waals surface area (Å²) in [7, 11) is 0. The zero-order chi connectivity index (χ0) is 23.9. The molecule has 1 saturated heterocycles. The molecule has 2 aromatic rings. The first-order valence-corrected chi connectivity index (χ1v) is 11.2. The van der Waals surface area contributed by atoms with Gasteiger partial charge in [-0.2, -0.15) is 4.98 Å². The van der Waals surface area contributed by atoms with E-state index in [0.29, 0.717) is 11.7 Å². The Labute approximate surface area is 191 Å². The number of aryl methyl sites for hydroxylation is 1. The Hall–Kier alpha value is -2.86. The topological polar surface area (TPSA) is 160 Å². The number of nitrogens with one attached hydrogen (secondary N) is 1. The van der Waals surface area contributed by atoms with Crippen LogP contribution in [-0.2, 0) is 9.59 Å². The predicted octanol–water partition coefficient (Wildman–Crippen LogP) is 0.246. The summed E-state index contributed by atoms with van der Waals surface area (Å²) in [6, 6.07) is -2.53. The fraction of sp³-hybridized carbons (Fsp3) is 0.714. The quantitative estimate of drug-likeness (QED) is 0.525. The van der Waals surface area contributed by atoms with Crippen LogP contribution in [0.5, 0.6) is 0 Å². The second-order valence-corrected chi connectivity index (χ2v) is 9.99. The molecule has 1 aliphatic carbocycles. The van der Waals surface area contributed by atoms with Gasteiger partial charge in [-0.1, -0.05) is 31.1 Å². The normalized spacial score (nSPS) is 22.9. The van der Waals surface area contributed by atoms with Crippen molar-refractivity contribution in [2.75, 3.05) is 13.2 Å². The van der Waals surface area contributed by atoms with Crippen molar-refractivity contribution in [1.29, 1.82) is 0 Å². The van der Waals surface area contributed by atoms with E-state index in [2.05, 4.69) is 25.8 Å². The summed E-state index contributed by atoms with van der Waals surface area (Å²) in [5, 5.41) is 34.8. The van der Waals surface area contributed by atoms with Gasteiger partial charge in [-0.05, 0) is 25.2 Å². The molecule has 0 spiro atoms. The SMILES string of the molecule is Cc1noc(C(CO)NC(=O)[C@@H]2C[C@@H](O)CN2C(=O)[C@@H](n2cc(C3CC3)nn2)C(C)(C)C)n1. The zero-order valence-corrected chi connectivity index (χ0v) is 19.3. The zero-order valence-electron chi connectivity index (χ0n) is 19.3. The Balaban J connectivity index is 1.55. The van der Waals surface area contributed by atoms with Crippen LogP contribution < -0.4 is 5.32 Å². The second-order valence-electron chi connectivity index (χ2n) is 9.99. The first kappa shape index (κ1) is 23.3. The fourth-order valence-electron chi connectivity index (χ4n) is 4.23. The van der Waals surface area contributed by atoms with Crippen LogP contribution in [0.3, 0.4) is 0 Å². The Morgan fingerprint density at radius 1 is 1.33 bits per heavy atom. The van der Waals surface area contributed by atoms with Gasteiger partial charge in [0.2, 0.25) is 11.8 Å². The molecule has 1 unspecified atom stereocenters. The summed E-state index contributed by atoms with van der Waals surface area (Å²) in [5.41, 5.74) is 0.350. The van der Waals surface area contributed by atoms with Gasteiger partial charge in [0.25, 0.3) is 5.89 Å². The number of hydrogen-bond donors (Lipinski definition) is 3. The van der Waals surface area contributed by atoms with Crippen molar-refractivity contribution in [3.05, 3.63) is 23.6 Å². The third-order valence-electron chi connectivity index (χ3n) is 6.05. The third-order valence-corrected chi connectivity index (χ3v) is 6.05. The number of aromatic nitrogens is 5. The molecular weight excluding hydrogens is 430 g/mol. The van der Waals surface area contributed by atoms with E-state index in [1.807, 2.05) is 27.0 Å². The third kappa shape index (κ3) is 4.91. The van der Waals surface area contributed by atoms with Crippen LogP contribution in [0.15, 0.2) is 10.7 Å². The minimum Gasteiger partial charge on any atom is -0.394 e. The number of β-amino-alcohol motifs (C(OH)–C–C–N with tert-alkyl or cyclic N) is 1. The van der Waals surface area contributed by atoms with E-state index in [1.165, 1.54) is 4.90 Å². The average Bonchev–Trinajstić information content (AvgIpc) is 3.12. The summed E-state index contributed by atoms with van der Waals surface area (Å²) in [4.78, 5) is 32.3. The van der Waals surface area contributed by atoms with Gasteiger partial charge >= 0.3 is 0 Å². The average molecular weight is 462 g/mol. The summed E-state index contributed by atoms with van der Waals surface area (Å²) >= 11 is 0. The van der Waals surface area contributed by atoms with Gasteiger partial charge in [0.1, 0.15) is 18.1 Å². The monoisotopic (exact) mass is 461 g/mol. The molecule has 2 aliphatic rings. The number of aliphatic hydroxyl groups excluding tert-OH is 2. The number of carbonyl (C=O) groups is 2. The van der Waals surface area contributed by atoms with Crippen molar-refractivity contribution in [3.63, 3.8) is 0 Å². The van der Waals surface area contributed by atoms with Crippen molar-refractivity contribution >= 4 is 11.8 Å². The number of likely N-dealkylation sites (tertiary alicyclic amines) is 1. The molecule has 1 saturated carbocycles. The maximum atomic E-state index is 13.7. The van der Waals surface area contributed by atoms with Crippen LogP contribution in [0.25, 0.3) is 0 Å².